The van der Waals surface area contributed by atoms with Gasteiger partial charge >= 0.3 is 5.97 Å². The van der Waals surface area contributed by atoms with Crippen LogP contribution in [0.4, 0.5) is 0 Å². The summed E-state index contributed by atoms with van der Waals surface area (Å²) in [5.41, 5.74) is 4.89. The first-order chi connectivity index (χ1) is 17.8. The van der Waals surface area contributed by atoms with Gasteiger partial charge in [0.25, 0.3) is 0 Å². The van der Waals surface area contributed by atoms with Crippen molar-refractivity contribution in [3.8, 4) is 28.1 Å². The molecule has 1 N–H and O–H groups in total. The third-order valence-corrected chi connectivity index (χ3v) is 6.67. The highest BCUT2D eigenvalue weighted by Crippen LogP contribution is 2.30. The molecule has 0 aliphatic heterocycles. The lowest BCUT2D eigenvalue weighted by molar-refractivity contribution is -0.141. The van der Waals surface area contributed by atoms with Crippen LogP contribution in [0.25, 0.3) is 34.5 Å². The second-order valence-electron chi connectivity index (χ2n) is 8.75. The third-order valence-electron chi connectivity index (χ3n) is 6.12. The summed E-state index contributed by atoms with van der Waals surface area (Å²) >= 11 is 12.4. The standard InChI is InChI=1S/C30H28Cl2N2O3/c1-3-34-19-28(26-14-11-24(31)18-27(26)32)33-29(34)15-6-21-4-7-22(8-5-21)23-9-12-25(13-10-23)37-17-16-20(2)30(35)36/h4-15,18-20H,3,16-17H2,1-2H3,(H,35,36). The molecular formula is C30H28Cl2N2O3. The van der Waals surface area contributed by atoms with Crippen LogP contribution >= 0.6 is 23.2 Å². The number of halogens is 2. The number of aliphatic carboxylic acids is 1. The topological polar surface area (TPSA) is 64.4 Å². The molecule has 0 amide bonds. The largest absolute Gasteiger partial charge is 0.494 e. The number of benzene rings is 3. The number of carboxylic acids is 1. The van der Waals surface area contributed by atoms with E-state index in [2.05, 4.69) is 35.8 Å². The highest BCUT2D eigenvalue weighted by Gasteiger charge is 2.11. The highest BCUT2D eigenvalue weighted by atomic mass is 35.5. The molecule has 0 fully saturated rings. The lowest BCUT2D eigenvalue weighted by Crippen LogP contribution is -2.13. The van der Waals surface area contributed by atoms with Gasteiger partial charge in [0, 0.05) is 23.3 Å². The summed E-state index contributed by atoms with van der Waals surface area (Å²) in [5, 5.41) is 10.1. The zero-order valence-electron chi connectivity index (χ0n) is 20.7. The molecule has 0 radical (unpaired) electrons. The van der Waals surface area contributed by atoms with Crippen molar-refractivity contribution in [1.82, 2.24) is 9.55 Å². The van der Waals surface area contributed by atoms with Gasteiger partial charge in [0.15, 0.2) is 0 Å². The van der Waals surface area contributed by atoms with Crippen molar-refractivity contribution in [2.75, 3.05) is 6.61 Å². The van der Waals surface area contributed by atoms with E-state index in [1.54, 1.807) is 13.0 Å². The Kier molecular flexibility index (Phi) is 8.70. The number of ether oxygens (including phenoxy) is 1. The Morgan fingerprint density at radius 2 is 1.70 bits per heavy atom. The molecule has 1 heterocycles. The van der Waals surface area contributed by atoms with Crippen LogP contribution in [0.3, 0.4) is 0 Å². The Hall–Kier alpha value is -3.54. The van der Waals surface area contributed by atoms with Gasteiger partial charge in [0.2, 0.25) is 0 Å². The van der Waals surface area contributed by atoms with Gasteiger partial charge in [-0.25, -0.2) is 4.98 Å². The van der Waals surface area contributed by atoms with E-state index in [9.17, 15) is 4.79 Å². The number of aromatic nitrogens is 2. The first-order valence-corrected chi connectivity index (χ1v) is 12.9. The predicted molar refractivity (Wildman–Crippen MR) is 151 cm³/mol. The number of imidazole rings is 1. The first kappa shape index (κ1) is 26.5. The SMILES string of the molecule is CCn1cc(-c2ccc(Cl)cc2Cl)nc1C=Cc1ccc(-c2ccc(OCCC(C)C(=O)O)cc2)cc1. The van der Waals surface area contributed by atoms with Gasteiger partial charge in [-0.3, -0.25) is 4.79 Å². The lowest BCUT2D eigenvalue weighted by Gasteiger charge is -2.09. The van der Waals surface area contributed by atoms with Gasteiger partial charge in [-0.1, -0.05) is 72.6 Å². The van der Waals surface area contributed by atoms with Gasteiger partial charge in [-0.15, -0.1) is 0 Å². The van der Waals surface area contributed by atoms with Crippen molar-refractivity contribution in [2.24, 2.45) is 5.92 Å². The lowest BCUT2D eigenvalue weighted by atomic mass is 10.0. The van der Waals surface area contributed by atoms with Crippen LogP contribution in [0.1, 0.15) is 31.7 Å². The molecule has 4 rings (SSSR count). The monoisotopic (exact) mass is 534 g/mol. The minimum Gasteiger partial charge on any atom is -0.494 e. The maximum Gasteiger partial charge on any atom is 0.306 e. The Bertz CT molecular complexity index is 1390. The van der Waals surface area contributed by atoms with Gasteiger partial charge in [-0.05, 0) is 66.4 Å². The molecule has 0 aliphatic rings. The zero-order chi connectivity index (χ0) is 26.4. The number of hydrogen-bond donors (Lipinski definition) is 1. The quantitative estimate of drug-likeness (QED) is 0.222. The van der Waals surface area contributed by atoms with Crippen LogP contribution in [0.15, 0.2) is 72.9 Å². The number of nitrogens with zero attached hydrogens (tertiary/aromatic N) is 2. The van der Waals surface area contributed by atoms with Gasteiger partial charge in [0.05, 0.1) is 23.2 Å². The first-order valence-electron chi connectivity index (χ1n) is 12.1. The van der Waals surface area contributed by atoms with Crippen molar-refractivity contribution in [3.63, 3.8) is 0 Å². The Labute approximate surface area is 227 Å². The fourth-order valence-corrected chi connectivity index (χ4v) is 4.33. The van der Waals surface area contributed by atoms with E-state index in [0.29, 0.717) is 23.1 Å². The molecule has 0 spiro atoms. The van der Waals surface area contributed by atoms with Crippen LogP contribution in [-0.2, 0) is 11.3 Å². The molecule has 4 aromatic rings. The van der Waals surface area contributed by atoms with Crippen LogP contribution in [-0.4, -0.2) is 27.2 Å². The summed E-state index contributed by atoms with van der Waals surface area (Å²) in [6.07, 6.45) is 6.52. The Morgan fingerprint density at radius 1 is 1.03 bits per heavy atom. The number of carboxylic acid groups (broad SMARTS) is 1. The van der Waals surface area contributed by atoms with Crippen LogP contribution in [0.5, 0.6) is 5.75 Å². The smallest absolute Gasteiger partial charge is 0.306 e. The fraction of sp³-hybridized carbons (Fsp3) is 0.200. The summed E-state index contributed by atoms with van der Waals surface area (Å²) in [7, 11) is 0. The molecule has 1 aromatic heterocycles. The number of carbonyl (C=O) groups is 1. The van der Waals surface area contributed by atoms with Crippen molar-refractivity contribution < 1.29 is 14.6 Å². The molecule has 0 bridgehead atoms. The van der Waals surface area contributed by atoms with Crippen LogP contribution in [0.2, 0.25) is 10.0 Å². The van der Waals surface area contributed by atoms with Crippen molar-refractivity contribution in [2.45, 2.75) is 26.8 Å². The second kappa shape index (κ2) is 12.1. The maximum absolute atomic E-state index is 10.9. The van der Waals surface area contributed by atoms with Crippen molar-refractivity contribution in [1.29, 1.82) is 0 Å². The Morgan fingerprint density at radius 3 is 2.32 bits per heavy atom. The van der Waals surface area contributed by atoms with E-state index in [0.717, 1.165) is 46.1 Å². The van der Waals surface area contributed by atoms with Gasteiger partial charge in [-0.2, -0.15) is 0 Å². The molecule has 190 valence electrons. The van der Waals surface area contributed by atoms with E-state index >= 15 is 0 Å². The van der Waals surface area contributed by atoms with Crippen molar-refractivity contribution >= 4 is 41.3 Å². The summed E-state index contributed by atoms with van der Waals surface area (Å²) in [6, 6.07) is 21.5. The molecule has 37 heavy (non-hydrogen) atoms. The van der Waals surface area contributed by atoms with E-state index in [-0.39, 0.29) is 0 Å². The van der Waals surface area contributed by atoms with Crippen LogP contribution in [0, 0.1) is 5.92 Å². The Balaban J connectivity index is 1.42. The molecule has 0 saturated heterocycles. The predicted octanol–water partition coefficient (Wildman–Crippen LogP) is 8.20. The van der Waals surface area contributed by atoms with Gasteiger partial charge in [0.1, 0.15) is 11.6 Å². The summed E-state index contributed by atoms with van der Waals surface area (Å²) in [6.45, 7) is 4.92. The van der Waals surface area contributed by atoms with Gasteiger partial charge < -0.3 is 14.4 Å². The molecule has 0 saturated carbocycles. The van der Waals surface area contributed by atoms with E-state index in [1.165, 1.54) is 0 Å². The third kappa shape index (κ3) is 6.82. The maximum atomic E-state index is 10.9. The number of rotatable bonds is 10. The average molecular weight is 535 g/mol. The molecule has 3 aromatic carbocycles. The minimum absolute atomic E-state index is 0.373. The molecule has 7 heteroatoms. The molecule has 0 aliphatic carbocycles. The normalized spacial score (nSPS) is 12.1. The highest BCUT2D eigenvalue weighted by molar-refractivity contribution is 6.36. The fourth-order valence-electron chi connectivity index (χ4n) is 3.82. The van der Waals surface area contributed by atoms with E-state index in [4.69, 9.17) is 38.0 Å². The average Bonchev–Trinajstić information content (AvgIpc) is 3.31. The van der Waals surface area contributed by atoms with Crippen molar-refractivity contribution in [3.05, 3.63) is 94.4 Å². The molecular weight excluding hydrogens is 507 g/mol. The van der Waals surface area contributed by atoms with E-state index in [1.807, 2.05) is 54.7 Å². The van der Waals surface area contributed by atoms with Crippen LogP contribution < -0.4 is 4.74 Å². The molecule has 5 nitrogen and oxygen atoms in total. The summed E-state index contributed by atoms with van der Waals surface area (Å²) < 4.78 is 7.76. The summed E-state index contributed by atoms with van der Waals surface area (Å²) in [4.78, 5) is 15.7. The minimum atomic E-state index is -0.805. The summed E-state index contributed by atoms with van der Waals surface area (Å²) in [5.74, 6) is 0.353. The van der Waals surface area contributed by atoms with E-state index < -0.39 is 11.9 Å². The second-order valence-corrected chi connectivity index (χ2v) is 9.59. The number of aryl methyl sites for hydroxylation is 1. The molecule has 1 unspecified atom stereocenters. The molecule has 1 atom stereocenters. The zero-order valence-corrected chi connectivity index (χ0v) is 22.2. The number of hydrogen-bond acceptors (Lipinski definition) is 3.